The number of methoxy groups -OCH3 is 1. The lowest BCUT2D eigenvalue weighted by molar-refractivity contribution is 0.0993. The standard InChI is InChI=1S/C23H19N3O3S/c1-26(17-9-4-3-5-10-17)22(28)16-8-6-7-15(13-16)21(27)25-23-24-19-12-11-18(29-2)14-20(19)30-23/h3-14H,1-2H3,(H,24,25,27). The summed E-state index contributed by atoms with van der Waals surface area (Å²) in [5.74, 6) is 0.221. The molecule has 0 radical (unpaired) electrons. The van der Waals surface area contributed by atoms with Crippen molar-refractivity contribution in [1.82, 2.24) is 4.98 Å². The number of ether oxygens (including phenoxy) is 1. The van der Waals surface area contributed by atoms with E-state index < -0.39 is 0 Å². The summed E-state index contributed by atoms with van der Waals surface area (Å²) >= 11 is 1.36. The van der Waals surface area contributed by atoms with Crippen LogP contribution in [0.3, 0.4) is 0 Å². The zero-order chi connectivity index (χ0) is 21.1. The zero-order valence-electron chi connectivity index (χ0n) is 16.5. The maximum absolute atomic E-state index is 12.8. The molecule has 0 bridgehead atoms. The van der Waals surface area contributed by atoms with Gasteiger partial charge in [0.05, 0.1) is 17.3 Å². The van der Waals surface area contributed by atoms with Crippen molar-refractivity contribution in [2.75, 3.05) is 24.4 Å². The topological polar surface area (TPSA) is 71.5 Å². The van der Waals surface area contributed by atoms with Crippen LogP contribution in [0.1, 0.15) is 20.7 Å². The van der Waals surface area contributed by atoms with Gasteiger partial charge in [0.15, 0.2) is 5.13 Å². The van der Waals surface area contributed by atoms with Gasteiger partial charge in [0.2, 0.25) is 0 Å². The van der Waals surface area contributed by atoms with Crippen molar-refractivity contribution in [1.29, 1.82) is 0 Å². The molecule has 1 aromatic heterocycles. The monoisotopic (exact) mass is 417 g/mol. The van der Waals surface area contributed by atoms with Crippen LogP contribution in [0.5, 0.6) is 5.75 Å². The van der Waals surface area contributed by atoms with E-state index in [1.165, 1.54) is 11.3 Å². The first-order valence-electron chi connectivity index (χ1n) is 9.24. The van der Waals surface area contributed by atoms with Crippen molar-refractivity contribution < 1.29 is 14.3 Å². The molecule has 0 unspecified atom stereocenters. The van der Waals surface area contributed by atoms with Crippen molar-refractivity contribution in [3.8, 4) is 5.75 Å². The maximum Gasteiger partial charge on any atom is 0.258 e. The highest BCUT2D eigenvalue weighted by Gasteiger charge is 2.16. The lowest BCUT2D eigenvalue weighted by atomic mass is 10.1. The largest absolute Gasteiger partial charge is 0.497 e. The van der Waals surface area contributed by atoms with Gasteiger partial charge in [-0.15, -0.1) is 0 Å². The molecule has 0 spiro atoms. The van der Waals surface area contributed by atoms with Crippen LogP contribution in [0.25, 0.3) is 10.2 Å². The SMILES string of the molecule is COc1ccc2nc(NC(=O)c3cccc(C(=O)N(C)c4ccccc4)c3)sc2c1. The molecule has 0 aliphatic carbocycles. The Kier molecular flexibility index (Phi) is 5.45. The molecule has 4 aromatic rings. The summed E-state index contributed by atoms with van der Waals surface area (Å²) in [4.78, 5) is 31.6. The molecular weight excluding hydrogens is 398 g/mol. The predicted molar refractivity (Wildman–Crippen MR) is 120 cm³/mol. The average Bonchev–Trinajstić information content (AvgIpc) is 3.20. The van der Waals surface area contributed by atoms with Crippen molar-refractivity contribution in [3.05, 3.63) is 83.9 Å². The number of fused-ring (bicyclic) bond motifs is 1. The van der Waals surface area contributed by atoms with E-state index >= 15 is 0 Å². The Morgan fingerprint density at radius 2 is 1.73 bits per heavy atom. The third-order valence-electron chi connectivity index (χ3n) is 4.64. The molecule has 1 N–H and O–H groups in total. The Balaban J connectivity index is 1.53. The number of carbonyl (C=O) groups excluding carboxylic acids is 2. The molecule has 0 aliphatic heterocycles. The molecule has 0 fully saturated rings. The van der Waals surface area contributed by atoms with Crippen LogP contribution in [-0.2, 0) is 0 Å². The Morgan fingerprint density at radius 1 is 0.967 bits per heavy atom. The Morgan fingerprint density at radius 3 is 2.50 bits per heavy atom. The first-order valence-corrected chi connectivity index (χ1v) is 10.1. The molecule has 3 aromatic carbocycles. The van der Waals surface area contributed by atoms with Crippen LogP contribution >= 0.6 is 11.3 Å². The van der Waals surface area contributed by atoms with Gasteiger partial charge in [0.25, 0.3) is 11.8 Å². The molecule has 0 aliphatic rings. The first-order chi connectivity index (χ1) is 14.5. The number of hydrogen-bond acceptors (Lipinski definition) is 5. The summed E-state index contributed by atoms with van der Waals surface area (Å²) in [7, 11) is 3.31. The van der Waals surface area contributed by atoms with E-state index in [9.17, 15) is 9.59 Å². The molecule has 0 saturated carbocycles. The smallest absolute Gasteiger partial charge is 0.258 e. The zero-order valence-corrected chi connectivity index (χ0v) is 17.3. The fourth-order valence-electron chi connectivity index (χ4n) is 3.01. The Labute approximate surface area is 177 Å². The number of amides is 2. The van der Waals surface area contributed by atoms with Gasteiger partial charge in [-0.2, -0.15) is 0 Å². The maximum atomic E-state index is 12.8. The van der Waals surface area contributed by atoms with E-state index in [4.69, 9.17) is 4.74 Å². The van der Waals surface area contributed by atoms with Crippen LogP contribution in [0.4, 0.5) is 10.8 Å². The van der Waals surface area contributed by atoms with Gasteiger partial charge in [-0.1, -0.05) is 35.6 Å². The molecule has 30 heavy (non-hydrogen) atoms. The minimum absolute atomic E-state index is 0.192. The predicted octanol–water partition coefficient (Wildman–Crippen LogP) is 4.83. The van der Waals surface area contributed by atoms with Gasteiger partial charge in [0.1, 0.15) is 5.75 Å². The van der Waals surface area contributed by atoms with E-state index in [1.54, 1.807) is 43.3 Å². The third kappa shape index (κ3) is 4.01. The first kappa shape index (κ1) is 19.6. The number of rotatable bonds is 5. The number of aromatic nitrogens is 1. The summed E-state index contributed by atoms with van der Waals surface area (Å²) in [5, 5.41) is 3.30. The molecule has 150 valence electrons. The molecule has 4 rings (SSSR count). The molecule has 7 heteroatoms. The second-order valence-corrected chi connectivity index (χ2v) is 7.62. The number of nitrogens with zero attached hydrogens (tertiary/aromatic N) is 2. The van der Waals surface area contributed by atoms with Crippen LogP contribution in [0.15, 0.2) is 72.8 Å². The quantitative estimate of drug-likeness (QED) is 0.505. The van der Waals surface area contributed by atoms with Gasteiger partial charge in [-0.3, -0.25) is 14.9 Å². The van der Waals surface area contributed by atoms with E-state index in [2.05, 4.69) is 10.3 Å². The Hall–Kier alpha value is -3.71. The van der Waals surface area contributed by atoms with E-state index in [1.807, 2.05) is 48.5 Å². The average molecular weight is 417 g/mol. The molecule has 1 heterocycles. The minimum atomic E-state index is -0.321. The summed E-state index contributed by atoms with van der Waals surface area (Å²) in [6, 6.07) is 21.6. The number of nitrogens with one attached hydrogen (secondary N) is 1. The van der Waals surface area contributed by atoms with Crippen LogP contribution < -0.4 is 15.0 Å². The lowest BCUT2D eigenvalue weighted by Gasteiger charge is -2.17. The van der Waals surface area contributed by atoms with E-state index in [0.717, 1.165) is 21.7 Å². The number of para-hydroxylation sites is 1. The van der Waals surface area contributed by atoms with Crippen LogP contribution in [0, 0.1) is 0 Å². The number of thiazole rings is 1. The van der Waals surface area contributed by atoms with Crippen molar-refractivity contribution >= 4 is 44.2 Å². The summed E-state index contributed by atoms with van der Waals surface area (Å²) in [6.45, 7) is 0. The Bertz CT molecular complexity index is 1220. The lowest BCUT2D eigenvalue weighted by Crippen LogP contribution is -2.26. The second kappa shape index (κ2) is 8.34. The normalized spacial score (nSPS) is 10.6. The van der Waals surface area contributed by atoms with Crippen molar-refractivity contribution in [2.24, 2.45) is 0 Å². The highest BCUT2D eigenvalue weighted by molar-refractivity contribution is 7.22. The van der Waals surface area contributed by atoms with Gasteiger partial charge >= 0.3 is 0 Å². The highest BCUT2D eigenvalue weighted by Crippen LogP contribution is 2.29. The van der Waals surface area contributed by atoms with Gasteiger partial charge < -0.3 is 9.64 Å². The highest BCUT2D eigenvalue weighted by atomic mass is 32.1. The minimum Gasteiger partial charge on any atom is -0.497 e. The third-order valence-corrected chi connectivity index (χ3v) is 5.57. The fraction of sp³-hybridized carbons (Fsp3) is 0.0870. The van der Waals surface area contributed by atoms with Crippen molar-refractivity contribution in [3.63, 3.8) is 0 Å². The fourth-order valence-corrected chi connectivity index (χ4v) is 3.90. The molecule has 0 saturated heterocycles. The van der Waals surface area contributed by atoms with Gasteiger partial charge in [0, 0.05) is 23.9 Å². The number of benzene rings is 3. The molecular formula is C23H19N3O3S. The number of hydrogen-bond donors (Lipinski definition) is 1. The summed E-state index contributed by atoms with van der Waals surface area (Å²) in [5.41, 5.74) is 2.38. The molecule has 6 nitrogen and oxygen atoms in total. The van der Waals surface area contributed by atoms with Gasteiger partial charge in [-0.25, -0.2) is 4.98 Å². The molecule has 2 amide bonds. The number of anilines is 2. The van der Waals surface area contributed by atoms with E-state index in [-0.39, 0.29) is 11.8 Å². The van der Waals surface area contributed by atoms with Gasteiger partial charge in [-0.05, 0) is 48.5 Å². The summed E-state index contributed by atoms with van der Waals surface area (Å²) < 4.78 is 6.14. The molecule has 0 atom stereocenters. The van der Waals surface area contributed by atoms with Crippen LogP contribution in [-0.4, -0.2) is 31.0 Å². The summed E-state index contributed by atoms with van der Waals surface area (Å²) in [6.07, 6.45) is 0. The van der Waals surface area contributed by atoms with Crippen molar-refractivity contribution in [2.45, 2.75) is 0 Å². The van der Waals surface area contributed by atoms with Crippen LogP contribution in [0.2, 0.25) is 0 Å². The van der Waals surface area contributed by atoms with E-state index in [0.29, 0.717) is 16.3 Å². The number of carbonyl (C=O) groups is 2. The second-order valence-electron chi connectivity index (χ2n) is 6.59.